The van der Waals surface area contributed by atoms with E-state index in [0.717, 1.165) is 25.7 Å². The van der Waals surface area contributed by atoms with E-state index in [4.69, 9.17) is 11.6 Å². The molecule has 2 fully saturated rings. The molecule has 0 radical (unpaired) electrons. The summed E-state index contributed by atoms with van der Waals surface area (Å²) in [5, 5.41) is 8.69. The Morgan fingerprint density at radius 1 is 1.10 bits per heavy atom. The highest BCUT2D eigenvalue weighted by Crippen LogP contribution is 2.21. The number of aromatic nitrogens is 1. The number of pyridine rings is 1. The van der Waals surface area contributed by atoms with Crippen molar-refractivity contribution in [3.8, 4) is 0 Å². The number of likely N-dealkylation sites (tertiary alicyclic amines) is 1. The molecule has 3 N–H and O–H groups in total. The van der Waals surface area contributed by atoms with Crippen LogP contribution in [0, 0.1) is 5.92 Å². The molecule has 0 bridgehead atoms. The summed E-state index contributed by atoms with van der Waals surface area (Å²) in [4.78, 5) is 43.1. The lowest BCUT2D eigenvalue weighted by Crippen LogP contribution is -2.53. The molecule has 1 saturated carbocycles. The minimum absolute atomic E-state index is 0.0755. The molecular weight excluding hydrogens is 406 g/mol. The lowest BCUT2D eigenvalue weighted by molar-refractivity contribution is -0.126. The standard InChI is InChI=1S/C21H30ClN5O3/c1-14(19(28)26-21(30)24-17-5-3-2-4-6-17)27-11-9-15(10-12-27)20(29)25-18-8-7-16(22)13-23-18/h7-8,13-15,17H,2-6,9-12H2,1H3,(H,23,25,29)(H2,24,26,28,30). The Morgan fingerprint density at radius 2 is 1.80 bits per heavy atom. The number of carbonyl (C=O) groups is 3. The molecule has 2 aliphatic rings. The number of piperidine rings is 1. The zero-order valence-corrected chi connectivity index (χ0v) is 18.1. The van der Waals surface area contributed by atoms with Gasteiger partial charge >= 0.3 is 6.03 Å². The summed E-state index contributed by atoms with van der Waals surface area (Å²) in [6.45, 7) is 3.02. The molecule has 9 heteroatoms. The Labute approximate surface area is 182 Å². The topological polar surface area (TPSA) is 103 Å². The number of imide groups is 1. The smallest absolute Gasteiger partial charge is 0.321 e. The van der Waals surface area contributed by atoms with Gasteiger partial charge in [-0.15, -0.1) is 0 Å². The predicted octanol–water partition coefficient (Wildman–Crippen LogP) is 2.93. The summed E-state index contributed by atoms with van der Waals surface area (Å²) in [6, 6.07) is 2.66. The van der Waals surface area contributed by atoms with Gasteiger partial charge in [0.15, 0.2) is 0 Å². The third kappa shape index (κ3) is 6.40. The minimum atomic E-state index is -0.427. The van der Waals surface area contributed by atoms with Crippen LogP contribution in [0.3, 0.4) is 0 Å². The van der Waals surface area contributed by atoms with Gasteiger partial charge in [0.05, 0.1) is 11.1 Å². The van der Waals surface area contributed by atoms with Crippen LogP contribution in [-0.2, 0) is 9.59 Å². The highest BCUT2D eigenvalue weighted by atomic mass is 35.5. The highest BCUT2D eigenvalue weighted by molar-refractivity contribution is 6.30. The fraction of sp³-hybridized carbons (Fsp3) is 0.619. The average molecular weight is 436 g/mol. The molecule has 1 atom stereocenters. The van der Waals surface area contributed by atoms with E-state index in [1.54, 1.807) is 19.1 Å². The van der Waals surface area contributed by atoms with Crippen molar-refractivity contribution in [2.75, 3.05) is 18.4 Å². The maximum absolute atomic E-state index is 12.5. The van der Waals surface area contributed by atoms with Crippen LogP contribution in [0.5, 0.6) is 0 Å². The first kappa shape index (κ1) is 22.5. The van der Waals surface area contributed by atoms with E-state index < -0.39 is 12.1 Å². The number of hydrogen-bond donors (Lipinski definition) is 3. The predicted molar refractivity (Wildman–Crippen MR) is 115 cm³/mol. The monoisotopic (exact) mass is 435 g/mol. The van der Waals surface area contributed by atoms with Crippen LogP contribution < -0.4 is 16.0 Å². The van der Waals surface area contributed by atoms with Gasteiger partial charge in [0.1, 0.15) is 5.82 Å². The molecular formula is C21H30ClN5O3. The second-order valence-corrected chi connectivity index (χ2v) is 8.57. The number of amides is 4. The van der Waals surface area contributed by atoms with Gasteiger partial charge < -0.3 is 10.6 Å². The summed E-state index contributed by atoms with van der Waals surface area (Å²) in [7, 11) is 0. The van der Waals surface area contributed by atoms with Crippen molar-refractivity contribution in [3.05, 3.63) is 23.4 Å². The third-order valence-corrected chi connectivity index (χ3v) is 6.21. The molecule has 2 heterocycles. The molecule has 0 spiro atoms. The quantitative estimate of drug-likeness (QED) is 0.659. The number of anilines is 1. The molecule has 1 unspecified atom stereocenters. The maximum atomic E-state index is 12.5. The molecule has 30 heavy (non-hydrogen) atoms. The summed E-state index contributed by atoms with van der Waals surface area (Å²) < 4.78 is 0. The normalized spacial score (nSPS) is 19.7. The number of nitrogens with one attached hydrogen (secondary N) is 3. The lowest BCUT2D eigenvalue weighted by Gasteiger charge is -2.34. The largest absolute Gasteiger partial charge is 0.335 e. The molecule has 0 aromatic carbocycles. The first-order valence-corrected chi connectivity index (χ1v) is 11.1. The van der Waals surface area contributed by atoms with Crippen LogP contribution >= 0.6 is 11.6 Å². The van der Waals surface area contributed by atoms with Gasteiger partial charge in [0.25, 0.3) is 0 Å². The van der Waals surface area contributed by atoms with Gasteiger partial charge in [-0.05, 0) is 57.8 Å². The Hall–Kier alpha value is -2.19. The van der Waals surface area contributed by atoms with E-state index in [-0.39, 0.29) is 23.8 Å². The third-order valence-electron chi connectivity index (χ3n) is 5.98. The van der Waals surface area contributed by atoms with Crippen molar-refractivity contribution in [1.82, 2.24) is 20.5 Å². The van der Waals surface area contributed by atoms with E-state index in [1.807, 2.05) is 4.90 Å². The first-order chi connectivity index (χ1) is 14.4. The SMILES string of the molecule is CC(C(=O)NC(=O)NC1CCCCC1)N1CCC(C(=O)Nc2ccc(Cl)cn2)CC1. The zero-order valence-electron chi connectivity index (χ0n) is 17.3. The van der Waals surface area contributed by atoms with Crippen LogP contribution in [0.2, 0.25) is 5.02 Å². The number of urea groups is 1. The summed E-state index contributed by atoms with van der Waals surface area (Å²) in [5.41, 5.74) is 0. The van der Waals surface area contributed by atoms with E-state index in [2.05, 4.69) is 20.9 Å². The van der Waals surface area contributed by atoms with E-state index >= 15 is 0 Å². The van der Waals surface area contributed by atoms with Crippen LogP contribution in [0.15, 0.2) is 18.3 Å². The van der Waals surface area contributed by atoms with Gasteiger partial charge in [-0.3, -0.25) is 19.8 Å². The van der Waals surface area contributed by atoms with Crippen molar-refractivity contribution in [1.29, 1.82) is 0 Å². The van der Waals surface area contributed by atoms with E-state index in [1.165, 1.54) is 12.6 Å². The summed E-state index contributed by atoms with van der Waals surface area (Å²) >= 11 is 5.81. The fourth-order valence-electron chi connectivity index (χ4n) is 4.08. The Morgan fingerprint density at radius 3 is 2.43 bits per heavy atom. The van der Waals surface area contributed by atoms with Crippen molar-refractivity contribution < 1.29 is 14.4 Å². The van der Waals surface area contributed by atoms with E-state index in [0.29, 0.717) is 36.8 Å². The number of hydrogen-bond acceptors (Lipinski definition) is 5. The zero-order chi connectivity index (χ0) is 21.5. The molecule has 1 saturated heterocycles. The average Bonchev–Trinajstić information content (AvgIpc) is 2.75. The second kappa shape index (κ2) is 10.7. The molecule has 3 rings (SSSR count). The van der Waals surface area contributed by atoms with E-state index in [9.17, 15) is 14.4 Å². The summed E-state index contributed by atoms with van der Waals surface area (Å²) in [5.74, 6) is -0.0443. The number of nitrogens with zero attached hydrogens (tertiary/aromatic N) is 2. The molecule has 164 valence electrons. The lowest BCUT2D eigenvalue weighted by atomic mass is 9.95. The second-order valence-electron chi connectivity index (χ2n) is 8.13. The van der Waals surface area contributed by atoms with Gasteiger partial charge in [0.2, 0.25) is 11.8 Å². The molecule has 1 aliphatic heterocycles. The number of halogens is 1. The van der Waals surface area contributed by atoms with Crippen LogP contribution in [0.1, 0.15) is 51.9 Å². The first-order valence-electron chi connectivity index (χ1n) is 10.7. The van der Waals surface area contributed by atoms with Crippen LogP contribution in [0.25, 0.3) is 0 Å². The molecule has 1 aromatic rings. The Kier molecular flexibility index (Phi) is 8.04. The molecule has 1 aliphatic carbocycles. The van der Waals surface area contributed by atoms with Crippen LogP contribution in [-0.4, -0.2) is 52.9 Å². The van der Waals surface area contributed by atoms with Crippen LogP contribution in [0.4, 0.5) is 10.6 Å². The molecule has 4 amide bonds. The highest BCUT2D eigenvalue weighted by Gasteiger charge is 2.30. The van der Waals surface area contributed by atoms with Gasteiger partial charge in [0, 0.05) is 18.2 Å². The molecule has 1 aromatic heterocycles. The van der Waals surface area contributed by atoms with Crippen molar-refractivity contribution in [2.45, 2.75) is 64.0 Å². The maximum Gasteiger partial charge on any atom is 0.321 e. The van der Waals surface area contributed by atoms with Crippen molar-refractivity contribution >= 4 is 35.3 Å². The Bertz CT molecular complexity index is 744. The molecule has 8 nitrogen and oxygen atoms in total. The van der Waals surface area contributed by atoms with Gasteiger partial charge in [-0.25, -0.2) is 9.78 Å². The van der Waals surface area contributed by atoms with Gasteiger partial charge in [-0.2, -0.15) is 0 Å². The number of carbonyl (C=O) groups excluding carboxylic acids is 3. The van der Waals surface area contributed by atoms with Gasteiger partial charge in [-0.1, -0.05) is 30.9 Å². The fourth-order valence-corrected chi connectivity index (χ4v) is 4.19. The van der Waals surface area contributed by atoms with Crippen molar-refractivity contribution in [2.24, 2.45) is 5.92 Å². The summed E-state index contributed by atoms with van der Waals surface area (Å²) in [6.07, 6.45) is 8.16. The Balaban J connectivity index is 1.40. The van der Waals surface area contributed by atoms with Crippen molar-refractivity contribution in [3.63, 3.8) is 0 Å². The number of rotatable bonds is 5. The minimum Gasteiger partial charge on any atom is -0.335 e.